The first kappa shape index (κ1) is 33.8. The van der Waals surface area contributed by atoms with Gasteiger partial charge in [-0.15, -0.1) is 0 Å². The number of benzene rings is 3. The molecular formula is C43H45N5O5S. The predicted molar refractivity (Wildman–Crippen MR) is 207 cm³/mol. The average molecular weight is 744 g/mol. The lowest BCUT2D eigenvalue weighted by atomic mass is 9.81. The van der Waals surface area contributed by atoms with Crippen LogP contribution >= 0.6 is 0 Å². The number of likely N-dealkylation sites (tertiary alicyclic amines) is 1. The predicted octanol–water partition coefficient (Wildman–Crippen LogP) is 6.82. The normalized spacial score (nSPS) is 25.1. The summed E-state index contributed by atoms with van der Waals surface area (Å²) in [4.78, 5) is 38.0. The molecule has 2 bridgehead atoms. The van der Waals surface area contributed by atoms with Crippen LogP contribution in [0.15, 0.2) is 77.8 Å². The van der Waals surface area contributed by atoms with E-state index in [0.29, 0.717) is 23.4 Å². The monoisotopic (exact) mass is 743 g/mol. The number of likely N-dealkylation sites (N-methyl/N-ethyl adjacent to an activating group) is 1. The molecule has 10 nitrogen and oxygen atoms in total. The Hall–Kier alpha value is -4.74. The maximum atomic E-state index is 15.1. The lowest BCUT2D eigenvalue weighted by Gasteiger charge is -2.41. The SMILES string of the molecule is COc1ccc2c(c1)C1CC1(C(=O)N1C3CCC1CN(C)C3)Cn1c-2c(C2CCCCC2)c2ccc(C(=O)NS(=O)(=O)c3cccc4cccnc34)cc21. The van der Waals surface area contributed by atoms with Gasteiger partial charge < -0.3 is 19.1 Å². The molecule has 2 aliphatic carbocycles. The van der Waals surface area contributed by atoms with Crippen LogP contribution in [0.4, 0.5) is 0 Å². The molecule has 2 aromatic heterocycles. The van der Waals surface area contributed by atoms with Crippen LogP contribution in [0.5, 0.6) is 5.75 Å². The number of ether oxygens (including phenoxy) is 1. The van der Waals surface area contributed by atoms with Gasteiger partial charge in [0.25, 0.3) is 15.9 Å². The molecule has 11 heteroatoms. The molecule has 4 fully saturated rings. The topological polar surface area (TPSA) is 114 Å². The Morgan fingerprint density at radius 1 is 0.926 bits per heavy atom. The van der Waals surface area contributed by atoms with Crippen molar-refractivity contribution < 1.29 is 22.7 Å². The van der Waals surface area contributed by atoms with E-state index in [1.54, 1.807) is 43.6 Å². The summed E-state index contributed by atoms with van der Waals surface area (Å²) in [6, 6.07) is 20.9. The minimum atomic E-state index is -4.25. The highest BCUT2D eigenvalue weighted by molar-refractivity contribution is 7.90. The van der Waals surface area contributed by atoms with Crippen molar-refractivity contribution in [3.05, 3.63) is 89.6 Å². The number of piperazine rings is 1. The van der Waals surface area contributed by atoms with E-state index < -0.39 is 21.3 Å². The Kier molecular flexibility index (Phi) is 7.76. The Bertz CT molecular complexity index is 2470. The van der Waals surface area contributed by atoms with E-state index in [1.165, 1.54) is 18.1 Å². The lowest BCUT2D eigenvalue weighted by molar-refractivity contribution is -0.143. The van der Waals surface area contributed by atoms with Gasteiger partial charge in [-0.2, -0.15) is 0 Å². The summed E-state index contributed by atoms with van der Waals surface area (Å²) >= 11 is 0. The van der Waals surface area contributed by atoms with Gasteiger partial charge in [0.2, 0.25) is 5.91 Å². The number of sulfonamides is 1. The zero-order valence-corrected chi connectivity index (χ0v) is 31.6. The molecule has 2 amide bonds. The number of nitrogens with one attached hydrogen (secondary N) is 1. The highest BCUT2D eigenvalue weighted by Crippen LogP contribution is 2.66. The third kappa shape index (κ3) is 5.14. The van der Waals surface area contributed by atoms with Crippen molar-refractivity contribution >= 4 is 43.6 Å². The van der Waals surface area contributed by atoms with Crippen molar-refractivity contribution in [1.29, 1.82) is 0 Å². The van der Waals surface area contributed by atoms with E-state index in [4.69, 9.17) is 4.74 Å². The largest absolute Gasteiger partial charge is 0.497 e. The van der Waals surface area contributed by atoms with Crippen LogP contribution in [0, 0.1) is 5.41 Å². The zero-order chi connectivity index (χ0) is 36.9. The number of rotatable bonds is 6. The molecule has 5 aromatic rings. The number of pyridine rings is 1. The molecule has 4 atom stereocenters. The van der Waals surface area contributed by atoms with Crippen molar-refractivity contribution in [3.63, 3.8) is 0 Å². The van der Waals surface area contributed by atoms with Crippen LogP contribution in [0.2, 0.25) is 0 Å². The fraction of sp³-hybridized carbons (Fsp3) is 0.419. The molecule has 2 saturated carbocycles. The molecule has 1 N–H and O–H groups in total. The quantitative estimate of drug-likeness (QED) is 0.203. The van der Waals surface area contributed by atoms with Crippen LogP contribution in [-0.4, -0.2) is 78.9 Å². The Morgan fingerprint density at radius 2 is 1.70 bits per heavy atom. The first-order chi connectivity index (χ1) is 26.2. The standard InChI is InChI=1S/C43H45N5O5S/c1-46-23-29-14-15-30(24-46)48(29)42(50)43-22-35(43)34-21-31(53-2)16-18-32(34)40-38(26-8-4-3-5-9-26)33-17-13-28(20-36(33)47(40)25-43)41(49)45-54(51,52)37-12-6-10-27-11-7-19-44-39(27)37/h6-7,10-13,16-21,26,29-30,35H,3-5,8-9,14-15,22-25H2,1-2H3,(H,45,49). The number of fused-ring (bicyclic) bond motifs is 10. The number of hydrogen-bond donors (Lipinski definition) is 1. The molecule has 5 heterocycles. The minimum absolute atomic E-state index is 0.0451. The summed E-state index contributed by atoms with van der Waals surface area (Å²) in [6.07, 6.45) is 10.1. The third-order valence-corrected chi connectivity index (χ3v) is 14.6. The molecule has 5 aliphatic rings. The molecule has 10 rings (SSSR count). The van der Waals surface area contributed by atoms with E-state index in [-0.39, 0.29) is 34.4 Å². The minimum Gasteiger partial charge on any atom is -0.497 e. The van der Waals surface area contributed by atoms with Gasteiger partial charge in [-0.1, -0.05) is 43.5 Å². The number of methoxy groups -OCH3 is 1. The summed E-state index contributed by atoms with van der Waals surface area (Å²) in [6.45, 7) is 2.29. The first-order valence-electron chi connectivity index (χ1n) is 19.4. The van der Waals surface area contributed by atoms with Gasteiger partial charge in [-0.25, -0.2) is 13.1 Å². The van der Waals surface area contributed by atoms with E-state index in [2.05, 4.69) is 43.3 Å². The number of aromatic nitrogens is 2. The van der Waals surface area contributed by atoms with Gasteiger partial charge in [-0.05, 0) is 98.7 Å². The number of nitrogens with zero attached hydrogens (tertiary/aromatic N) is 4. The maximum Gasteiger partial charge on any atom is 0.266 e. The summed E-state index contributed by atoms with van der Waals surface area (Å²) < 4.78 is 37.9. The molecule has 54 heavy (non-hydrogen) atoms. The van der Waals surface area contributed by atoms with Crippen molar-refractivity contribution in [2.75, 3.05) is 27.2 Å². The molecule has 0 spiro atoms. The number of hydrogen-bond acceptors (Lipinski definition) is 7. The number of para-hydroxylation sites is 1. The van der Waals surface area contributed by atoms with Crippen LogP contribution in [0.3, 0.4) is 0 Å². The highest BCUT2D eigenvalue weighted by Gasteiger charge is 2.65. The van der Waals surface area contributed by atoms with Crippen LogP contribution in [-0.2, 0) is 21.4 Å². The van der Waals surface area contributed by atoms with E-state index in [9.17, 15) is 13.2 Å². The molecule has 278 valence electrons. The molecular weight excluding hydrogens is 699 g/mol. The number of amides is 2. The number of carbonyl (C=O) groups is 2. The first-order valence-corrected chi connectivity index (χ1v) is 20.9. The summed E-state index contributed by atoms with van der Waals surface area (Å²) in [5.74, 6) is 0.712. The number of carbonyl (C=O) groups excluding carboxylic acids is 2. The van der Waals surface area contributed by atoms with Crippen LogP contribution < -0.4 is 9.46 Å². The van der Waals surface area contributed by atoms with Crippen molar-refractivity contribution in [1.82, 2.24) is 24.1 Å². The van der Waals surface area contributed by atoms with Crippen molar-refractivity contribution in [3.8, 4) is 17.0 Å². The molecule has 2 saturated heterocycles. The second-order valence-electron chi connectivity index (χ2n) is 16.4. The summed E-state index contributed by atoms with van der Waals surface area (Å²) in [5.41, 5.74) is 5.50. The summed E-state index contributed by atoms with van der Waals surface area (Å²) in [5, 5.41) is 1.74. The average Bonchev–Trinajstić information content (AvgIpc) is 3.77. The van der Waals surface area contributed by atoms with Crippen LogP contribution in [0.25, 0.3) is 33.1 Å². The van der Waals surface area contributed by atoms with Gasteiger partial charge in [0.15, 0.2) is 0 Å². The Labute approximate surface area is 315 Å². The van der Waals surface area contributed by atoms with Gasteiger partial charge in [0.05, 0.1) is 23.7 Å². The highest BCUT2D eigenvalue weighted by atomic mass is 32.2. The molecule has 3 aromatic carbocycles. The fourth-order valence-electron chi connectivity index (χ4n) is 10.7. The summed E-state index contributed by atoms with van der Waals surface area (Å²) in [7, 11) is -0.398. The van der Waals surface area contributed by atoms with Gasteiger partial charge in [0, 0.05) is 71.2 Å². The molecule has 4 unspecified atom stereocenters. The second kappa shape index (κ2) is 12.4. The Balaban J connectivity index is 1.12. The fourth-order valence-corrected chi connectivity index (χ4v) is 11.8. The van der Waals surface area contributed by atoms with Gasteiger partial charge >= 0.3 is 0 Å². The van der Waals surface area contributed by atoms with Gasteiger partial charge in [-0.3, -0.25) is 14.6 Å². The van der Waals surface area contributed by atoms with E-state index in [1.807, 2.05) is 18.2 Å². The molecule has 3 aliphatic heterocycles. The van der Waals surface area contributed by atoms with Crippen molar-refractivity contribution in [2.24, 2.45) is 5.41 Å². The smallest absolute Gasteiger partial charge is 0.266 e. The lowest BCUT2D eigenvalue weighted by Crippen LogP contribution is -2.57. The van der Waals surface area contributed by atoms with Crippen LogP contribution in [0.1, 0.15) is 84.7 Å². The van der Waals surface area contributed by atoms with Gasteiger partial charge in [0.1, 0.15) is 10.6 Å². The van der Waals surface area contributed by atoms with E-state index >= 15 is 4.79 Å². The second-order valence-corrected chi connectivity index (χ2v) is 18.0. The zero-order valence-electron chi connectivity index (χ0n) is 30.8. The maximum absolute atomic E-state index is 15.1. The van der Waals surface area contributed by atoms with Crippen molar-refractivity contribution in [2.45, 2.75) is 86.7 Å². The third-order valence-electron chi connectivity index (χ3n) is 13.2. The Morgan fingerprint density at radius 3 is 2.48 bits per heavy atom. The molecule has 0 radical (unpaired) electrons. The van der Waals surface area contributed by atoms with E-state index in [0.717, 1.165) is 91.5 Å².